The summed E-state index contributed by atoms with van der Waals surface area (Å²) < 4.78 is 19.6. The SMILES string of the molecule is C=C/C(=C\C=NCC(C)(C)F)C(=O)Nc1ccc(C)c(-c2cc(OCCC)nc(N3CCCCC3)c2)c1. The summed E-state index contributed by atoms with van der Waals surface area (Å²) in [6, 6.07) is 9.90. The number of hydrogen-bond donors (Lipinski definition) is 1. The first-order valence-electron chi connectivity index (χ1n) is 13.0. The number of ether oxygens (including phenoxy) is 1. The number of rotatable bonds is 11. The van der Waals surface area contributed by atoms with Crippen molar-refractivity contribution >= 4 is 23.6 Å². The van der Waals surface area contributed by atoms with E-state index in [0.717, 1.165) is 54.9 Å². The van der Waals surface area contributed by atoms with Crippen LogP contribution in [0, 0.1) is 6.92 Å². The fraction of sp³-hybridized carbons (Fsp3) is 0.433. The highest BCUT2D eigenvalue weighted by molar-refractivity contribution is 6.08. The summed E-state index contributed by atoms with van der Waals surface area (Å²) in [4.78, 5) is 24.0. The number of anilines is 2. The molecule has 0 radical (unpaired) electrons. The summed E-state index contributed by atoms with van der Waals surface area (Å²) in [5.41, 5.74) is 2.67. The lowest BCUT2D eigenvalue weighted by Crippen LogP contribution is -2.30. The van der Waals surface area contributed by atoms with E-state index in [1.807, 2.05) is 31.2 Å². The lowest BCUT2D eigenvalue weighted by Gasteiger charge is -2.28. The molecule has 0 bridgehead atoms. The number of nitrogens with one attached hydrogen (secondary N) is 1. The number of hydrogen-bond acceptors (Lipinski definition) is 5. The van der Waals surface area contributed by atoms with Gasteiger partial charge in [0, 0.05) is 36.6 Å². The first kappa shape index (κ1) is 28.1. The van der Waals surface area contributed by atoms with Gasteiger partial charge in [-0.05, 0) is 87.4 Å². The van der Waals surface area contributed by atoms with E-state index in [9.17, 15) is 9.18 Å². The van der Waals surface area contributed by atoms with E-state index in [1.165, 1.54) is 38.6 Å². The van der Waals surface area contributed by atoms with Gasteiger partial charge in [-0.2, -0.15) is 4.98 Å². The largest absolute Gasteiger partial charge is 0.478 e. The topological polar surface area (TPSA) is 66.8 Å². The molecule has 6 nitrogen and oxygen atoms in total. The molecule has 0 spiro atoms. The molecular formula is C30H39FN4O2. The highest BCUT2D eigenvalue weighted by atomic mass is 19.1. The molecule has 37 heavy (non-hydrogen) atoms. The van der Waals surface area contributed by atoms with Crippen LogP contribution < -0.4 is 15.0 Å². The number of benzene rings is 1. The van der Waals surface area contributed by atoms with Crippen molar-refractivity contribution in [2.45, 2.75) is 59.0 Å². The minimum Gasteiger partial charge on any atom is -0.478 e. The van der Waals surface area contributed by atoms with Crippen molar-refractivity contribution in [2.24, 2.45) is 4.99 Å². The second-order valence-electron chi connectivity index (χ2n) is 9.97. The van der Waals surface area contributed by atoms with Gasteiger partial charge in [0.1, 0.15) is 11.5 Å². The van der Waals surface area contributed by atoms with E-state index in [1.54, 1.807) is 0 Å². The lowest BCUT2D eigenvalue weighted by atomic mass is 10.00. The van der Waals surface area contributed by atoms with Gasteiger partial charge in [-0.15, -0.1) is 0 Å². The summed E-state index contributed by atoms with van der Waals surface area (Å²) >= 11 is 0. The Morgan fingerprint density at radius 2 is 2.00 bits per heavy atom. The predicted octanol–water partition coefficient (Wildman–Crippen LogP) is 6.71. The fourth-order valence-electron chi connectivity index (χ4n) is 4.07. The highest BCUT2D eigenvalue weighted by Crippen LogP contribution is 2.32. The maximum Gasteiger partial charge on any atom is 0.255 e. The summed E-state index contributed by atoms with van der Waals surface area (Å²) in [6.07, 6.45) is 8.91. The van der Waals surface area contributed by atoms with Crippen LogP contribution in [0.25, 0.3) is 11.1 Å². The number of nitrogens with zero attached hydrogens (tertiary/aromatic N) is 3. The Morgan fingerprint density at radius 1 is 1.24 bits per heavy atom. The van der Waals surface area contributed by atoms with Gasteiger partial charge in [-0.25, -0.2) is 4.39 Å². The van der Waals surface area contributed by atoms with Gasteiger partial charge in [0.2, 0.25) is 5.88 Å². The number of carbonyl (C=O) groups excluding carboxylic acids is 1. The molecule has 7 heteroatoms. The Morgan fingerprint density at radius 3 is 2.68 bits per heavy atom. The van der Waals surface area contributed by atoms with Crippen LogP contribution in [0.4, 0.5) is 15.9 Å². The third kappa shape index (κ3) is 8.55. The predicted molar refractivity (Wildman–Crippen MR) is 152 cm³/mol. The molecule has 1 aromatic carbocycles. The van der Waals surface area contributed by atoms with Crippen molar-refractivity contribution in [3.63, 3.8) is 0 Å². The number of halogens is 1. The Balaban J connectivity index is 1.87. The van der Waals surface area contributed by atoms with Crippen LogP contribution in [0.1, 0.15) is 52.0 Å². The third-order valence-electron chi connectivity index (χ3n) is 6.04. The molecule has 1 aliphatic rings. The molecule has 0 atom stereocenters. The average molecular weight is 507 g/mol. The van der Waals surface area contributed by atoms with Crippen molar-refractivity contribution in [3.05, 3.63) is 60.2 Å². The molecule has 0 aliphatic carbocycles. The van der Waals surface area contributed by atoms with Gasteiger partial charge in [-0.1, -0.05) is 25.6 Å². The Labute approximate surface area is 220 Å². The zero-order chi connectivity index (χ0) is 26.8. The maximum atomic E-state index is 13.6. The molecule has 0 unspecified atom stereocenters. The van der Waals surface area contributed by atoms with E-state index in [-0.39, 0.29) is 12.5 Å². The minimum absolute atomic E-state index is 0.0200. The van der Waals surface area contributed by atoms with E-state index < -0.39 is 5.67 Å². The van der Waals surface area contributed by atoms with Crippen LogP contribution in [0.5, 0.6) is 5.88 Å². The lowest BCUT2D eigenvalue weighted by molar-refractivity contribution is -0.112. The fourth-order valence-corrected chi connectivity index (χ4v) is 4.07. The molecule has 1 saturated heterocycles. The molecule has 1 aromatic heterocycles. The monoisotopic (exact) mass is 506 g/mol. The number of alkyl halides is 1. The molecule has 3 rings (SSSR count). The molecule has 1 fully saturated rings. The van der Waals surface area contributed by atoms with Gasteiger partial charge in [-0.3, -0.25) is 9.79 Å². The van der Waals surface area contributed by atoms with Crippen LogP contribution in [0.3, 0.4) is 0 Å². The average Bonchev–Trinajstić information content (AvgIpc) is 2.88. The standard InChI is InChI=1S/C30H39FN4O2/c1-6-17-37-28-19-24(18-27(34-28)35-15-9-8-10-16-35)26-20-25(12-11-22(26)3)33-29(36)23(7-2)13-14-32-21-30(4,5)31/h7,11-14,18-20H,2,6,8-10,15-17,21H2,1,3-5H3,(H,33,36)/b23-13+,32-14?. The molecule has 1 aliphatic heterocycles. The summed E-state index contributed by atoms with van der Waals surface area (Å²) in [6.45, 7) is 13.4. The minimum atomic E-state index is -1.40. The van der Waals surface area contributed by atoms with Crippen LogP contribution in [-0.2, 0) is 4.79 Å². The van der Waals surface area contributed by atoms with Crippen molar-refractivity contribution in [2.75, 3.05) is 36.5 Å². The second kappa shape index (κ2) is 13.2. The summed E-state index contributed by atoms with van der Waals surface area (Å²) in [7, 11) is 0. The Hall–Kier alpha value is -3.48. The van der Waals surface area contributed by atoms with Gasteiger partial charge < -0.3 is 15.0 Å². The first-order chi connectivity index (χ1) is 17.7. The van der Waals surface area contributed by atoms with Crippen molar-refractivity contribution in [1.82, 2.24) is 4.98 Å². The van der Waals surface area contributed by atoms with E-state index in [0.29, 0.717) is 23.7 Å². The van der Waals surface area contributed by atoms with Crippen molar-refractivity contribution < 1.29 is 13.9 Å². The molecule has 2 aromatic rings. The molecule has 1 N–H and O–H groups in total. The Kier molecular flexibility index (Phi) is 10.0. The summed E-state index contributed by atoms with van der Waals surface area (Å²) in [5.74, 6) is 1.22. The number of aliphatic imine (C=N–C) groups is 1. The zero-order valence-corrected chi connectivity index (χ0v) is 22.5. The number of pyridine rings is 1. The third-order valence-corrected chi connectivity index (χ3v) is 6.04. The smallest absolute Gasteiger partial charge is 0.255 e. The second-order valence-corrected chi connectivity index (χ2v) is 9.97. The van der Waals surface area contributed by atoms with Gasteiger partial charge in [0.15, 0.2) is 0 Å². The Bertz CT molecular complexity index is 1140. The van der Waals surface area contributed by atoms with Gasteiger partial charge in [0.25, 0.3) is 5.91 Å². The molecule has 2 heterocycles. The van der Waals surface area contributed by atoms with E-state index in [4.69, 9.17) is 9.72 Å². The molecule has 198 valence electrons. The van der Waals surface area contributed by atoms with Crippen LogP contribution in [0.2, 0.25) is 0 Å². The number of allylic oxidation sites excluding steroid dienone is 1. The normalized spacial score (nSPS) is 14.6. The van der Waals surface area contributed by atoms with E-state index in [2.05, 4.69) is 34.8 Å². The number of piperidine rings is 1. The summed E-state index contributed by atoms with van der Waals surface area (Å²) in [5, 5.41) is 2.94. The van der Waals surface area contributed by atoms with E-state index >= 15 is 0 Å². The maximum absolute atomic E-state index is 13.6. The number of carbonyl (C=O) groups is 1. The van der Waals surface area contributed by atoms with Crippen molar-refractivity contribution in [1.29, 1.82) is 0 Å². The zero-order valence-electron chi connectivity index (χ0n) is 22.5. The van der Waals surface area contributed by atoms with Gasteiger partial charge in [0.05, 0.1) is 13.2 Å². The van der Waals surface area contributed by atoms with Crippen LogP contribution >= 0.6 is 0 Å². The number of amides is 1. The molecular weight excluding hydrogens is 467 g/mol. The molecule has 0 saturated carbocycles. The number of aromatic nitrogens is 1. The highest BCUT2D eigenvalue weighted by Gasteiger charge is 2.17. The van der Waals surface area contributed by atoms with Gasteiger partial charge >= 0.3 is 0 Å². The number of aryl methyl sites for hydroxylation is 1. The first-order valence-corrected chi connectivity index (χ1v) is 13.0. The quantitative estimate of drug-likeness (QED) is 0.209. The van der Waals surface area contributed by atoms with Crippen molar-refractivity contribution in [3.8, 4) is 17.0 Å². The van der Waals surface area contributed by atoms with Crippen LogP contribution in [-0.4, -0.2) is 49.0 Å². The molecule has 1 amide bonds. The van der Waals surface area contributed by atoms with Crippen LogP contribution in [0.15, 0.2) is 59.6 Å².